The van der Waals surface area contributed by atoms with Gasteiger partial charge in [-0.15, -0.1) is 12.4 Å². The molecule has 2 aliphatic heterocycles. The van der Waals surface area contributed by atoms with Crippen LogP contribution < -0.4 is 0 Å². The van der Waals surface area contributed by atoms with Gasteiger partial charge in [0.1, 0.15) is 18.1 Å². The molecule has 10 heteroatoms. The quantitative estimate of drug-likeness (QED) is 0.209. The molecule has 0 aliphatic carbocycles. The Hall–Kier alpha value is -2.39. The van der Waals surface area contributed by atoms with Crippen molar-refractivity contribution in [2.75, 3.05) is 45.9 Å². The van der Waals surface area contributed by atoms with Crippen molar-refractivity contribution in [3.63, 3.8) is 0 Å². The minimum absolute atomic E-state index is 0. The molecule has 8 nitrogen and oxygen atoms in total. The van der Waals surface area contributed by atoms with E-state index < -0.39 is 0 Å². The maximum absolute atomic E-state index is 12.6. The topological polar surface area (TPSA) is 78.6 Å². The van der Waals surface area contributed by atoms with Gasteiger partial charge in [0.25, 0.3) is 5.91 Å². The lowest BCUT2D eigenvalue weighted by Crippen LogP contribution is -2.36. The third-order valence-electron chi connectivity index (χ3n) is 6.33. The van der Waals surface area contributed by atoms with Crippen LogP contribution in [0.2, 0.25) is 5.02 Å². The fourth-order valence-electron chi connectivity index (χ4n) is 4.29. The second-order valence-corrected chi connectivity index (χ2v) is 9.35. The lowest BCUT2D eigenvalue weighted by atomic mass is 10.1. The maximum Gasteiger partial charge on any atom is 0.347 e. The van der Waals surface area contributed by atoms with E-state index in [1.807, 2.05) is 18.2 Å². The molecule has 3 heterocycles. The average molecular weight is 537 g/mol. The van der Waals surface area contributed by atoms with Gasteiger partial charge in [-0.25, -0.2) is 9.80 Å². The average Bonchev–Trinajstić information content (AvgIpc) is 3.45. The summed E-state index contributed by atoms with van der Waals surface area (Å²) in [5.74, 6) is 0.968. The molecule has 0 atom stereocenters. The number of furan rings is 1. The molecule has 0 spiro atoms. The molecule has 2 aromatic rings. The van der Waals surface area contributed by atoms with Gasteiger partial charge in [-0.05, 0) is 55.8 Å². The number of urea groups is 1. The van der Waals surface area contributed by atoms with Gasteiger partial charge in [0.15, 0.2) is 0 Å². The standard InChI is InChI=1S/C26H33ClN4O4.ClH/c27-22-9-7-21(8-10-22)24-12-11-23(35-24)19-28-31-20-25(32)30(26(31)33)14-6-4-2-1-3-5-13-29-15-17-34-18-16-29;/h7-12,19H,1-6,13-18,20H2;1H/b28-19+;. The molecule has 2 aliphatic rings. The first-order chi connectivity index (χ1) is 17.1. The maximum atomic E-state index is 12.6. The summed E-state index contributed by atoms with van der Waals surface area (Å²) in [4.78, 5) is 28.7. The Morgan fingerprint density at radius 2 is 1.56 bits per heavy atom. The van der Waals surface area contributed by atoms with Crippen LogP contribution in [0.3, 0.4) is 0 Å². The highest BCUT2D eigenvalue weighted by Crippen LogP contribution is 2.23. The van der Waals surface area contributed by atoms with Gasteiger partial charge >= 0.3 is 6.03 Å². The number of carbonyl (C=O) groups is 2. The van der Waals surface area contributed by atoms with Crippen molar-refractivity contribution in [3.8, 4) is 11.3 Å². The van der Waals surface area contributed by atoms with E-state index >= 15 is 0 Å². The Balaban J connectivity index is 0.00000361. The SMILES string of the molecule is Cl.O=C1CN(/N=C/c2ccc(-c3ccc(Cl)cc3)o2)C(=O)N1CCCCCCCCN1CCOCC1. The number of amides is 3. The number of rotatable bonds is 12. The van der Waals surface area contributed by atoms with Crippen LogP contribution in [0.5, 0.6) is 0 Å². The second kappa shape index (κ2) is 14.4. The van der Waals surface area contributed by atoms with E-state index in [0.717, 1.165) is 57.7 Å². The van der Waals surface area contributed by atoms with Crippen molar-refractivity contribution in [3.05, 3.63) is 47.2 Å². The number of benzene rings is 1. The van der Waals surface area contributed by atoms with Crippen LogP contribution in [0.4, 0.5) is 4.79 Å². The number of unbranched alkanes of at least 4 members (excludes halogenated alkanes) is 5. The van der Waals surface area contributed by atoms with Gasteiger partial charge in [-0.1, -0.05) is 37.3 Å². The molecule has 3 amide bonds. The van der Waals surface area contributed by atoms with Crippen LogP contribution in [-0.2, 0) is 9.53 Å². The number of hydrogen-bond donors (Lipinski definition) is 0. The predicted molar refractivity (Wildman–Crippen MR) is 143 cm³/mol. The summed E-state index contributed by atoms with van der Waals surface area (Å²) >= 11 is 5.93. The first kappa shape index (κ1) is 28.2. The third-order valence-corrected chi connectivity index (χ3v) is 6.58. The molecular formula is C26H34Cl2N4O4. The Kier molecular flexibility index (Phi) is 11.3. The highest BCUT2D eigenvalue weighted by Gasteiger charge is 2.35. The molecule has 0 radical (unpaired) electrons. The van der Waals surface area contributed by atoms with Gasteiger partial charge < -0.3 is 9.15 Å². The lowest BCUT2D eigenvalue weighted by Gasteiger charge is -2.26. The molecule has 0 bridgehead atoms. The van der Waals surface area contributed by atoms with Crippen LogP contribution in [-0.4, -0.2) is 78.9 Å². The predicted octanol–water partition coefficient (Wildman–Crippen LogP) is 5.29. The van der Waals surface area contributed by atoms with Gasteiger partial charge in [0, 0.05) is 30.2 Å². The molecule has 0 unspecified atom stereocenters. The molecule has 0 N–H and O–H groups in total. The molecule has 4 rings (SSSR count). The number of carbonyl (C=O) groups excluding carboxylic acids is 2. The number of morpholine rings is 1. The van der Waals surface area contributed by atoms with Crippen molar-refractivity contribution < 1.29 is 18.7 Å². The molecular weight excluding hydrogens is 503 g/mol. The Labute approximate surface area is 223 Å². The van der Waals surface area contributed by atoms with Crippen molar-refractivity contribution in [1.29, 1.82) is 0 Å². The fraction of sp³-hybridized carbons (Fsp3) is 0.500. The Morgan fingerprint density at radius 1 is 0.889 bits per heavy atom. The number of halogens is 2. The van der Waals surface area contributed by atoms with Gasteiger partial charge in [-0.2, -0.15) is 5.10 Å². The number of hydrogen-bond acceptors (Lipinski definition) is 6. The summed E-state index contributed by atoms with van der Waals surface area (Å²) < 4.78 is 11.2. The number of nitrogens with zero attached hydrogens (tertiary/aromatic N) is 4. The summed E-state index contributed by atoms with van der Waals surface area (Å²) in [6.07, 6.45) is 8.03. The second-order valence-electron chi connectivity index (χ2n) is 8.91. The molecule has 1 aromatic carbocycles. The van der Waals surface area contributed by atoms with Crippen LogP contribution in [0.25, 0.3) is 11.3 Å². The van der Waals surface area contributed by atoms with Crippen LogP contribution >= 0.6 is 24.0 Å². The molecule has 2 saturated heterocycles. The normalized spacial score (nSPS) is 16.8. The minimum Gasteiger partial charge on any atom is -0.455 e. The van der Waals surface area contributed by atoms with Crippen molar-refractivity contribution in [1.82, 2.24) is 14.8 Å². The smallest absolute Gasteiger partial charge is 0.347 e. The highest BCUT2D eigenvalue weighted by molar-refractivity contribution is 6.30. The van der Waals surface area contributed by atoms with E-state index in [1.165, 1.54) is 35.4 Å². The van der Waals surface area contributed by atoms with E-state index in [4.69, 9.17) is 20.8 Å². The van der Waals surface area contributed by atoms with Crippen LogP contribution in [0.15, 0.2) is 45.9 Å². The van der Waals surface area contributed by atoms with Crippen molar-refractivity contribution in [2.24, 2.45) is 5.10 Å². The molecule has 0 saturated carbocycles. The molecule has 196 valence electrons. The van der Waals surface area contributed by atoms with Crippen molar-refractivity contribution >= 4 is 42.2 Å². The first-order valence-electron chi connectivity index (χ1n) is 12.4. The number of ether oxygens (including phenoxy) is 1. The summed E-state index contributed by atoms with van der Waals surface area (Å²) in [7, 11) is 0. The molecule has 36 heavy (non-hydrogen) atoms. The van der Waals surface area contributed by atoms with Crippen LogP contribution in [0.1, 0.15) is 44.3 Å². The van der Waals surface area contributed by atoms with Crippen LogP contribution in [0, 0.1) is 0 Å². The highest BCUT2D eigenvalue weighted by atomic mass is 35.5. The van der Waals surface area contributed by atoms with E-state index in [-0.39, 0.29) is 30.9 Å². The minimum atomic E-state index is -0.374. The number of imide groups is 1. The summed E-state index contributed by atoms with van der Waals surface area (Å²) in [5.41, 5.74) is 0.893. The zero-order valence-corrected chi connectivity index (χ0v) is 22.0. The Bertz CT molecular complexity index is 1010. The summed E-state index contributed by atoms with van der Waals surface area (Å²) in [5, 5.41) is 6.03. The Morgan fingerprint density at radius 3 is 2.28 bits per heavy atom. The van der Waals surface area contributed by atoms with Gasteiger partial charge in [-0.3, -0.25) is 14.6 Å². The zero-order chi connectivity index (χ0) is 24.5. The van der Waals surface area contributed by atoms with E-state index in [1.54, 1.807) is 18.2 Å². The summed E-state index contributed by atoms with van der Waals surface area (Å²) in [6, 6.07) is 10.6. The monoisotopic (exact) mass is 536 g/mol. The van der Waals surface area contributed by atoms with E-state index in [0.29, 0.717) is 23.1 Å². The van der Waals surface area contributed by atoms with Gasteiger partial charge in [0.2, 0.25) is 0 Å². The molecule has 2 fully saturated rings. The van der Waals surface area contributed by atoms with E-state index in [2.05, 4.69) is 10.0 Å². The van der Waals surface area contributed by atoms with Gasteiger partial charge in [0.05, 0.1) is 19.4 Å². The molecule has 1 aromatic heterocycles. The van der Waals surface area contributed by atoms with E-state index in [9.17, 15) is 9.59 Å². The number of hydrazone groups is 1. The fourth-order valence-corrected chi connectivity index (χ4v) is 4.42. The zero-order valence-electron chi connectivity index (χ0n) is 20.4. The van der Waals surface area contributed by atoms with Crippen molar-refractivity contribution in [2.45, 2.75) is 38.5 Å². The largest absolute Gasteiger partial charge is 0.455 e. The third kappa shape index (κ3) is 8.06. The lowest BCUT2D eigenvalue weighted by molar-refractivity contribution is -0.125. The summed E-state index contributed by atoms with van der Waals surface area (Å²) in [6.45, 7) is 5.35. The first-order valence-corrected chi connectivity index (χ1v) is 12.8.